The van der Waals surface area contributed by atoms with Gasteiger partial charge in [-0.25, -0.2) is 0 Å². The van der Waals surface area contributed by atoms with Crippen molar-refractivity contribution in [1.82, 2.24) is 9.47 Å². The van der Waals surface area contributed by atoms with Crippen molar-refractivity contribution >= 4 is 22.5 Å². The Kier molecular flexibility index (Phi) is 3.88. The fourth-order valence-corrected chi connectivity index (χ4v) is 3.67. The third-order valence-electron chi connectivity index (χ3n) is 4.91. The van der Waals surface area contributed by atoms with Crippen LogP contribution >= 0.6 is 0 Å². The maximum Gasteiger partial charge on any atom is 0.259 e. The Labute approximate surface area is 135 Å². The summed E-state index contributed by atoms with van der Waals surface area (Å²) in [7, 11) is 1.83. The van der Waals surface area contributed by atoms with Crippen LogP contribution in [0.2, 0.25) is 0 Å². The minimum atomic E-state index is -0.272. The second-order valence-electron chi connectivity index (χ2n) is 6.57. The van der Waals surface area contributed by atoms with Gasteiger partial charge >= 0.3 is 0 Å². The number of amides is 1. The highest BCUT2D eigenvalue weighted by Gasteiger charge is 2.31. The normalized spacial score (nSPS) is 21.6. The molecule has 1 amide bonds. The number of aromatic nitrogens is 1. The number of benzene rings is 1. The van der Waals surface area contributed by atoms with Crippen LogP contribution in [0.25, 0.3) is 10.9 Å². The molecule has 3 rings (SSSR count). The quantitative estimate of drug-likeness (QED) is 0.823. The van der Waals surface area contributed by atoms with Crippen molar-refractivity contribution in [1.29, 1.82) is 0 Å². The number of fused-ring (bicyclic) bond motifs is 1. The van der Waals surface area contributed by atoms with Crippen molar-refractivity contribution in [2.75, 3.05) is 5.73 Å². The largest absolute Gasteiger partial charge is 0.398 e. The molecule has 2 aromatic rings. The fraction of sp³-hybridized carbons (Fsp3) is 0.444. The molecule has 5 heteroatoms. The average Bonchev–Trinajstić information content (AvgIpc) is 2.50. The molecule has 122 valence electrons. The summed E-state index contributed by atoms with van der Waals surface area (Å²) in [6, 6.07) is 5.66. The first-order chi connectivity index (χ1) is 10.9. The molecule has 2 heterocycles. The summed E-state index contributed by atoms with van der Waals surface area (Å²) in [5.41, 5.74) is 7.08. The van der Waals surface area contributed by atoms with Crippen molar-refractivity contribution in [2.24, 2.45) is 7.05 Å². The molecule has 0 saturated carbocycles. The first-order valence-electron chi connectivity index (χ1n) is 8.12. The molecule has 0 aliphatic carbocycles. The van der Waals surface area contributed by atoms with E-state index in [0.29, 0.717) is 11.1 Å². The van der Waals surface area contributed by atoms with Crippen LogP contribution in [-0.4, -0.2) is 27.5 Å². The number of nitrogens with two attached hydrogens (primary N) is 1. The van der Waals surface area contributed by atoms with Crippen molar-refractivity contribution in [2.45, 2.75) is 45.2 Å². The van der Waals surface area contributed by atoms with Gasteiger partial charge in [-0.3, -0.25) is 9.59 Å². The third-order valence-corrected chi connectivity index (χ3v) is 4.91. The molecular weight excluding hydrogens is 290 g/mol. The number of hydrogen-bond donors (Lipinski definition) is 1. The molecule has 1 aliphatic heterocycles. The van der Waals surface area contributed by atoms with Gasteiger partial charge in [0.25, 0.3) is 5.91 Å². The zero-order chi connectivity index (χ0) is 16.7. The fourth-order valence-electron chi connectivity index (χ4n) is 3.67. The number of hydrogen-bond acceptors (Lipinski definition) is 3. The number of nitrogens with zero attached hydrogens (tertiary/aromatic N) is 2. The lowest BCUT2D eigenvalue weighted by atomic mass is 9.96. The predicted molar refractivity (Wildman–Crippen MR) is 92.5 cm³/mol. The Balaban J connectivity index is 2.17. The van der Waals surface area contributed by atoms with Gasteiger partial charge in [-0.05, 0) is 45.2 Å². The third kappa shape index (κ3) is 2.50. The molecule has 23 heavy (non-hydrogen) atoms. The number of pyridine rings is 1. The molecule has 0 radical (unpaired) electrons. The van der Waals surface area contributed by atoms with E-state index in [2.05, 4.69) is 0 Å². The first kappa shape index (κ1) is 15.6. The molecular formula is C18H23N3O2. The Morgan fingerprint density at radius 3 is 2.52 bits per heavy atom. The van der Waals surface area contributed by atoms with Gasteiger partial charge in [0.05, 0.1) is 10.9 Å². The van der Waals surface area contributed by atoms with Crippen molar-refractivity contribution < 1.29 is 4.79 Å². The monoisotopic (exact) mass is 313 g/mol. The molecule has 0 spiro atoms. The summed E-state index contributed by atoms with van der Waals surface area (Å²) in [5, 5.41) is 0.429. The van der Waals surface area contributed by atoms with Crippen molar-refractivity contribution in [3.63, 3.8) is 0 Å². The van der Waals surface area contributed by atoms with E-state index in [1.54, 1.807) is 16.8 Å². The standard InChI is InChI=1S/C18H23N3O2/c1-11-6-4-7-12(2)21(11)18(23)13-10-20(3)15-9-5-8-14(19)16(15)17(13)22/h5,8-12H,4,6-7,19H2,1-3H3. The van der Waals surface area contributed by atoms with Crippen LogP contribution in [0.15, 0.2) is 29.2 Å². The molecule has 1 fully saturated rings. The average molecular weight is 313 g/mol. The highest BCUT2D eigenvalue weighted by molar-refractivity contribution is 6.00. The van der Waals surface area contributed by atoms with E-state index in [9.17, 15) is 9.59 Å². The number of anilines is 1. The van der Waals surface area contributed by atoms with Gasteiger partial charge in [-0.15, -0.1) is 0 Å². The minimum absolute atomic E-state index is 0.153. The van der Waals surface area contributed by atoms with Gasteiger partial charge in [-0.1, -0.05) is 6.07 Å². The van der Waals surface area contributed by atoms with Crippen LogP contribution in [0.1, 0.15) is 43.5 Å². The summed E-state index contributed by atoms with van der Waals surface area (Å²) in [6.45, 7) is 4.10. The summed E-state index contributed by atoms with van der Waals surface area (Å²) in [6.07, 6.45) is 4.72. The summed E-state index contributed by atoms with van der Waals surface area (Å²) in [4.78, 5) is 27.7. The van der Waals surface area contributed by atoms with Gasteiger partial charge in [0.1, 0.15) is 5.56 Å². The van der Waals surface area contributed by atoms with E-state index in [-0.39, 0.29) is 29.0 Å². The number of aryl methyl sites for hydroxylation is 1. The van der Waals surface area contributed by atoms with Crippen LogP contribution in [0, 0.1) is 0 Å². The number of carbonyl (C=O) groups excluding carboxylic acids is 1. The van der Waals surface area contributed by atoms with Crippen LogP contribution in [0.3, 0.4) is 0 Å². The van der Waals surface area contributed by atoms with Gasteiger partial charge < -0.3 is 15.2 Å². The van der Waals surface area contributed by atoms with Crippen molar-refractivity contribution in [3.8, 4) is 0 Å². The second kappa shape index (κ2) is 5.72. The van der Waals surface area contributed by atoms with Crippen LogP contribution in [-0.2, 0) is 7.05 Å². The maximum absolute atomic E-state index is 13.0. The molecule has 2 atom stereocenters. The number of likely N-dealkylation sites (tertiary alicyclic amines) is 1. The lowest BCUT2D eigenvalue weighted by molar-refractivity contribution is 0.0509. The second-order valence-corrected chi connectivity index (χ2v) is 6.57. The minimum Gasteiger partial charge on any atom is -0.398 e. The van der Waals surface area contributed by atoms with E-state index < -0.39 is 0 Å². The molecule has 2 N–H and O–H groups in total. The van der Waals surface area contributed by atoms with E-state index in [4.69, 9.17) is 5.73 Å². The van der Waals surface area contributed by atoms with Gasteiger partial charge in [0.15, 0.2) is 0 Å². The molecule has 1 saturated heterocycles. The molecule has 0 bridgehead atoms. The summed E-state index contributed by atoms with van der Waals surface area (Å²) < 4.78 is 1.81. The zero-order valence-corrected chi connectivity index (χ0v) is 13.9. The van der Waals surface area contributed by atoms with Crippen LogP contribution < -0.4 is 11.2 Å². The molecule has 2 unspecified atom stereocenters. The summed E-state index contributed by atoms with van der Waals surface area (Å²) >= 11 is 0. The topological polar surface area (TPSA) is 68.3 Å². The Bertz CT molecular complexity index is 815. The van der Waals surface area contributed by atoms with E-state index in [0.717, 1.165) is 24.8 Å². The highest BCUT2D eigenvalue weighted by atomic mass is 16.2. The SMILES string of the molecule is CC1CCCC(C)N1C(=O)c1cn(C)c2cccc(N)c2c1=O. The highest BCUT2D eigenvalue weighted by Crippen LogP contribution is 2.25. The number of piperidine rings is 1. The Morgan fingerprint density at radius 1 is 1.22 bits per heavy atom. The smallest absolute Gasteiger partial charge is 0.259 e. The van der Waals surface area contributed by atoms with E-state index in [1.807, 2.05) is 37.9 Å². The van der Waals surface area contributed by atoms with Gasteiger partial charge in [0.2, 0.25) is 5.43 Å². The zero-order valence-electron chi connectivity index (χ0n) is 13.9. The Hall–Kier alpha value is -2.30. The Morgan fingerprint density at radius 2 is 1.87 bits per heavy atom. The lowest BCUT2D eigenvalue weighted by Gasteiger charge is -2.39. The first-order valence-corrected chi connectivity index (χ1v) is 8.12. The molecule has 1 aromatic carbocycles. The van der Waals surface area contributed by atoms with Crippen LogP contribution in [0.4, 0.5) is 5.69 Å². The number of rotatable bonds is 1. The number of nitrogen functional groups attached to an aromatic ring is 1. The van der Waals surface area contributed by atoms with Crippen LogP contribution in [0.5, 0.6) is 0 Å². The molecule has 5 nitrogen and oxygen atoms in total. The molecule has 1 aromatic heterocycles. The van der Waals surface area contributed by atoms with Crippen molar-refractivity contribution in [3.05, 3.63) is 40.2 Å². The van der Waals surface area contributed by atoms with Gasteiger partial charge in [0, 0.05) is 31.0 Å². The maximum atomic E-state index is 13.0. The molecule has 1 aliphatic rings. The predicted octanol–water partition coefficient (Wildman–Crippen LogP) is 2.52. The lowest BCUT2D eigenvalue weighted by Crippen LogP contribution is -2.48. The van der Waals surface area contributed by atoms with E-state index >= 15 is 0 Å². The number of carbonyl (C=O) groups is 1. The van der Waals surface area contributed by atoms with Gasteiger partial charge in [-0.2, -0.15) is 0 Å². The van der Waals surface area contributed by atoms with E-state index in [1.165, 1.54) is 0 Å². The summed E-state index contributed by atoms with van der Waals surface area (Å²) in [5.74, 6) is -0.185.